The number of aromatic nitrogens is 1. The fourth-order valence-electron chi connectivity index (χ4n) is 1.67. The van der Waals surface area contributed by atoms with E-state index in [4.69, 9.17) is 5.11 Å². The average molecular weight is 259 g/mol. The lowest BCUT2D eigenvalue weighted by Gasteiger charge is -2.05. The van der Waals surface area contributed by atoms with E-state index in [2.05, 4.69) is 11.8 Å². The molecule has 0 radical (unpaired) electrons. The van der Waals surface area contributed by atoms with Crippen molar-refractivity contribution in [2.75, 3.05) is 6.61 Å². The zero-order valence-electron chi connectivity index (χ0n) is 10.0. The summed E-state index contributed by atoms with van der Waals surface area (Å²) in [6, 6.07) is 7.69. The van der Waals surface area contributed by atoms with Crippen molar-refractivity contribution < 1.29 is 5.11 Å². The molecule has 1 aromatic heterocycles. The third kappa shape index (κ3) is 2.89. The van der Waals surface area contributed by atoms with Crippen LogP contribution < -0.4 is 4.87 Å². The molecule has 0 saturated carbocycles. The highest BCUT2D eigenvalue weighted by Crippen LogP contribution is 2.08. The quantitative estimate of drug-likeness (QED) is 0.833. The van der Waals surface area contributed by atoms with E-state index in [1.54, 1.807) is 4.57 Å². The number of aryl methyl sites for hydroxylation is 1. The Kier molecular flexibility index (Phi) is 3.98. The van der Waals surface area contributed by atoms with Gasteiger partial charge in [-0.1, -0.05) is 35.3 Å². The maximum absolute atomic E-state index is 11.6. The molecular formula is C14H13NO2S. The van der Waals surface area contributed by atoms with Gasteiger partial charge in [-0.15, -0.1) is 0 Å². The highest BCUT2D eigenvalue weighted by atomic mass is 32.1. The summed E-state index contributed by atoms with van der Waals surface area (Å²) in [5, 5.41) is 10.5. The summed E-state index contributed by atoms with van der Waals surface area (Å²) in [6.07, 6.45) is 0. The minimum Gasteiger partial charge on any atom is -0.384 e. The molecule has 0 aliphatic rings. The van der Waals surface area contributed by atoms with Crippen molar-refractivity contribution in [1.29, 1.82) is 0 Å². The molecule has 0 saturated heterocycles. The Balaban J connectivity index is 2.27. The van der Waals surface area contributed by atoms with Gasteiger partial charge >= 0.3 is 4.87 Å². The maximum Gasteiger partial charge on any atom is 0.307 e. The Bertz CT molecular complexity index is 658. The van der Waals surface area contributed by atoms with Gasteiger partial charge in [-0.25, -0.2) is 0 Å². The Morgan fingerprint density at radius 2 is 2.28 bits per heavy atom. The van der Waals surface area contributed by atoms with Gasteiger partial charge in [-0.05, 0) is 24.6 Å². The van der Waals surface area contributed by atoms with Gasteiger partial charge in [0.25, 0.3) is 0 Å². The second kappa shape index (κ2) is 5.67. The maximum atomic E-state index is 11.6. The van der Waals surface area contributed by atoms with Gasteiger partial charge in [0.1, 0.15) is 6.61 Å². The molecule has 0 aliphatic heterocycles. The molecule has 2 aromatic rings. The predicted molar refractivity (Wildman–Crippen MR) is 72.8 cm³/mol. The third-order valence-electron chi connectivity index (χ3n) is 2.56. The van der Waals surface area contributed by atoms with Gasteiger partial charge in [0, 0.05) is 16.6 Å². The van der Waals surface area contributed by atoms with E-state index in [1.165, 1.54) is 11.3 Å². The van der Waals surface area contributed by atoms with Gasteiger partial charge in [0.05, 0.1) is 6.54 Å². The minimum absolute atomic E-state index is 0.0549. The van der Waals surface area contributed by atoms with E-state index < -0.39 is 0 Å². The van der Waals surface area contributed by atoms with Crippen LogP contribution in [-0.2, 0) is 6.54 Å². The first kappa shape index (κ1) is 12.6. The van der Waals surface area contributed by atoms with Crippen LogP contribution in [0.4, 0.5) is 0 Å². The second-order valence-corrected chi connectivity index (χ2v) is 4.71. The van der Waals surface area contributed by atoms with Gasteiger partial charge in [-0.2, -0.15) is 0 Å². The zero-order chi connectivity index (χ0) is 13.0. The third-order valence-corrected chi connectivity index (χ3v) is 3.44. The lowest BCUT2D eigenvalue weighted by molar-refractivity contribution is 0.350. The first-order valence-corrected chi connectivity index (χ1v) is 6.42. The first-order chi connectivity index (χ1) is 8.70. The highest BCUT2D eigenvalue weighted by Gasteiger charge is 2.03. The van der Waals surface area contributed by atoms with Crippen molar-refractivity contribution in [2.24, 2.45) is 0 Å². The molecule has 92 valence electrons. The summed E-state index contributed by atoms with van der Waals surface area (Å²) in [4.78, 5) is 11.7. The molecule has 0 fully saturated rings. The van der Waals surface area contributed by atoms with Crippen LogP contribution in [-0.4, -0.2) is 16.3 Å². The number of aliphatic hydroxyl groups excluding tert-OH is 1. The second-order valence-electron chi connectivity index (χ2n) is 3.89. The molecular weight excluding hydrogens is 246 g/mol. The SMILES string of the molecule is Cc1csc(=O)n1Cc1cccc(C#CCO)c1. The van der Waals surface area contributed by atoms with Crippen LogP contribution in [0.25, 0.3) is 0 Å². The molecule has 0 bridgehead atoms. The molecule has 0 amide bonds. The highest BCUT2D eigenvalue weighted by molar-refractivity contribution is 7.07. The molecule has 1 aromatic carbocycles. The fraction of sp³-hybridized carbons (Fsp3) is 0.214. The van der Waals surface area contributed by atoms with E-state index in [9.17, 15) is 4.79 Å². The summed E-state index contributed by atoms with van der Waals surface area (Å²) >= 11 is 1.21. The topological polar surface area (TPSA) is 42.2 Å². The van der Waals surface area contributed by atoms with Crippen LogP contribution in [0.15, 0.2) is 34.4 Å². The van der Waals surface area contributed by atoms with Crippen LogP contribution in [0, 0.1) is 18.8 Å². The van der Waals surface area contributed by atoms with E-state index >= 15 is 0 Å². The lowest BCUT2D eigenvalue weighted by Crippen LogP contribution is -2.15. The molecule has 1 heterocycles. The molecule has 0 unspecified atom stereocenters. The normalized spacial score (nSPS) is 9.89. The Morgan fingerprint density at radius 3 is 2.94 bits per heavy atom. The van der Waals surface area contributed by atoms with Crippen molar-refractivity contribution >= 4 is 11.3 Å². The summed E-state index contributed by atoms with van der Waals surface area (Å²) in [5.74, 6) is 5.47. The van der Waals surface area contributed by atoms with Crippen molar-refractivity contribution in [1.82, 2.24) is 4.57 Å². The Morgan fingerprint density at radius 1 is 1.44 bits per heavy atom. The number of nitrogens with zero attached hydrogens (tertiary/aromatic N) is 1. The van der Waals surface area contributed by atoms with Gasteiger partial charge in [0.2, 0.25) is 0 Å². The monoisotopic (exact) mass is 259 g/mol. The Labute approximate surface area is 109 Å². The number of rotatable bonds is 2. The molecule has 18 heavy (non-hydrogen) atoms. The molecule has 3 nitrogen and oxygen atoms in total. The van der Waals surface area contributed by atoms with Crippen LogP contribution in [0.2, 0.25) is 0 Å². The fourth-order valence-corrected chi connectivity index (χ4v) is 2.40. The molecule has 4 heteroatoms. The van der Waals surface area contributed by atoms with E-state index in [0.29, 0.717) is 6.54 Å². The van der Waals surface area contributed by atoms with Crippen LogP contribution in [0.5, 0.6) is 0 Å². The number of thiazole rings is 1. The molecule has 1 N–H and O–H groups in total. The Hall–Kier alpha value is -1.83. The number of aliphatic hydroxyl groups is 1. The van der Waals surface area contributed by atoms with E-state index in [0.717, 1.165) is 16.8 Å². The largest absolute Gasteiger partial charge is 0.384 e. The van der Waals surface area contributed by atoms with Gasteiger partial charge < -0.3 is 5.11 Å². The predicted octanol–water partition coefficient (Wildman–Crippen LogP) is 1.61. The lowest BCUT2D eigenvalue weighted by atomic mass is 10.1. The molecule has 0 aliphatic carbocycles. The standard InChI is InChI=1S/C14H13NO2S/c1-11-10-18-14(17)15(11)9-13-5-2-4-12(8-13)6-3-7-16/h2,4-5,8,10,16H,7,9H2,1H3. The molecule has 2 rings (SSSR count). The zero-order valence-corrected chi connectivity index (χ0v) is 10.8. The molecule has 0 spiro atoms. The van der Waals surface area contributed by atoms with E-state index in [1.807, 2.05) is 36.6 Å². The number of benzene rings is 1. The number of hydrogen-bond donors (Lipinski definition) is 1. The van der Waals surface area contributed by atoms with E-state index in [-0.39, 0.29) is 11.5 Å². The van der Waals surface area contributed by atoms with Crippen molar-refractivity contribution in [3.05, 3.63) is 56.1 Å². The smallest absolute Gasteiger partial charge is 0.307 e. The summed E-state index contributed by atoms with van der Waals surface area (Å²) in [7, 11) is 0. The average Bonchev–Trinajstić information content (AvgIpc) is 2.69. The number of hydrogen-bond acceptors (Lipinski definition) is 3. The summed E-state index contributed by atoms with van der Waals surface area (Å²) in [6.45, 7) is 2.34. The van der Waals surface area contributed by atoms with Gasteiger partial charge in [0.15, 0.2) is 0 Å². The van der Waals surface area contributed by atoms with Crippen LogP contribution in [0.1, 0.15) is 16.8 Å². The van der Waals surface area contributed by atoms with Crippen LogP contribution >= 0.6 is 11.3 Å². The minimum atomic E-state index is -0.146. The summed E-state index contributed by atoms with van der Waals surface area (Å²) in [5.41, 5.74) is 2.85. The first-order valence-electron chi connectivity index (χ1n) is 5.54. The van der Waals surface area contributed by atoms with Gasteiger partial charge in [-0.3, -0.25) is 9.36 Å². The van der Waals surface area contributed by atoms with Crippen molar-refractivity contribution in [2.45, 2.75) is 13.5 Å². The van der Waals surface area contributed by atoms with Crippen molar-refractivity contribution in [3.63, 3.8) is 0 Å². The van der Waals surface area contributed by atoms with Crippen LogP contribution in [0.3, 0.4) is 0 Å². The van der Waals surface area contributed by atoms with Crippen molar-refractivity contribution in [3.8, 4) is 11.8 Å². The molecule has 0 atom stereocenters. The summed E-state index contributed by atoms with van der Waals surface area (Å²) < 4.78 is 1.74.